The second kappa shape index (κ2) is 5.87. The second-order valence-corrected chi connectivity index (χ2v) is 4.84. The molecule has 0 spiro atoms. The van der Waals surface area contributed by atoms with Gasteiger partial charge in [0.05, 0.1) is 5.56 Å². The number of amides is 1. The fraction of sp³-hybridized carbons (Fsp3) is 0.267. The van der Waals surface area contributed by atoms with E-state index in [2.05, 4.69) is 14.9 Å². The molecule has 0 atom stereocenters. The fourth-order valence-corrected chi connectivity index (χ4v) is 2.36. The summed E-state index contributed by atoms with van der Waals surface area (Å²) in [6, 6.07) is 8.46. The zero-order valence-corrected chi connectivity index (χ0v) is 11.4. The van der Waals surface area contributed by atoms with Crippen molar-refractivity contribution in [2.24, 2.45) is 0 Å². The summed E-state index contributed by atoms with van der Waals surface area (Å²) in [5.74, 6) is 0.239. The Morgan fingerprint density at radius 1 is 1.05 bits per heavy atom. The molecule has 2 aromatic heterocycles. The maximum atomic E-state index is 12.8. The molecule has 0 bridgehead atoms. The number of piperazine rings is 1. The summed E-state index contributed by atoms with van der Waals surface area (Å²) in [6.45, 7) is 2.70. The molecule has 0 N–H and O–H groups in total. The Bertz CT molecular complexity index is 609. The average Bonchev–Trinajstić information content (AvgIpc) is 2.56. The number of pyridine rings is 2. The van der Waals surface area contributed by atoms with Gasteiger partial charge in [-0.25, -0.2) is 9.97 Å². The first-order valence-electron chi connectivity index (χ1n) is 6.81. The molecule has 3 heterocycles. The van der Waals surface area contributed by atoms with Crippen molar-refractivity contribution in [2.75, 3.05) is 31.1 Å². The van der Waals surface area contributed by atoms with Crippen LogP contribution in [0.3, 0.4) is 0 Å². The van der Waals surface area contributed by atoms with Gasteiger partial charge in [0.2, 0.25) is 5.95 Å². The first-order chi connectivity index (χ1) is 10.2. The van der Waals surface area contributed by atoms with E-state index in [0.717, 1.165) is 18.9 Å². The molecule has 0 saturated carbocycles. The van der Waals surface area contributed by atoms with E-state index in [4.69, 9.17) is 0 Å². The molecular weight excluding hydrogens is 271 g/mol. The molecule has 21 heavy (non-hydrogen) atoms. The summed E-state index contributed by atoms with van der Waals surface area (Å²) < 4.78 is 12.8. The molecule has 0 radical (unpaired) electrons. The van der Waals surface area contributed by atoms with Crippen LogP contribution in [0.2, 0.25) is 0 Å². The molecule has 3 rings (SSSR count). The van der Waals surface area contributed by atoms with E-state index in [1.165, 1.54) is 18.3 Å². The minimum absolute atomic E-state index is 0.108. The number of rotatable bonds is 2. The molecule has 1 fully saturated rings. The standard InChI is InChI=1S/C15H15FN4O/c16-13-5-4-12(11-18-13)15(21)20-9-7-19(8-10-20)14-3-1-2-6-17-14/h1-6,11H,7-10H2. The Balaban J connectivity index is 1.63. The quantitative estimate of drug-likeness (QED) is 0.787. The van der Waals surface area contributed by atoms with Crippen molar-refractivity contribution in [3.05, 3.63) is 54.2 Å². The van der Waals surface area contributed by atoms with Gasteiger partial charge in [-0.15, -0.1) is 0 Å². The lowest BCUT2D eigenvalue weighted by Gasteiger charge is -2.35. The van der Waals surface area contributed by atoms with E-state index in [1.807, 2.05) is 18.2 Å². The van der Waals surface area contributed by atoms with Gasteiger partial charge in [-0.05, 0) is 24.3 Å². The Labute approximate surface area is 122 Å². The molecule has 1 aliphatic heterocycles. The predicted molar refractivity (Wildman–Crippen MR) is 76.5 cm³/mol. The molecule has 0 aliphatic carbocycles. The highest BCUT2D eigenvalue weighted by Gasteiger charge is 2.22. The van der Waals surface area contributed by atoms with E-state index < -0.39 is 5.95 Å². The summed E-state index contributed by atoms with van der Waals surface area (Å²) in [5, 5.41) is 0. The Hall–Kier alpha value is -2.50. The van der Waals surface area contributed by atoms with E-state index >= 15 is 0 Å². The number of halogens is 1. The van der Waals surface area contributed by atoms with E-state index in [0.29, 0.717) is 18.7 Å². The molecule has 108 valence electrons. The topological polar surface area (TPSA) is 49.3 Å². The summed E-state index contributed by atoms with van der Waals surface area (Å²) in [4.78, 5) is 24.0. The van der Waals surface area contributed by atoms with Crippen LogP contribution in [0.5, 0.6) is 0 Å². The molecule has 2 aromatic rings. The molecule has 6 heteroatoms. The van der Waals surface area contributed by atoms with Gasteiger partial charge in [0.15, 0.2) is 0 Å². The predicted octanol–water partition coefficient (Wildman–Crippen LogP) is 1.58. The molecule has 1 amide bonds. The first-order valence-corrected chi connectivity index (χ1v) is 6.81. The lowest BCUT2D eigenvalue weighted by molar-refractivity contribution is 0.0746. The van der Waals surface area contributed by atoms with Crippen molar-refractivity contribution in [1.82, 2.24) is 14.9 Å². The number of carbonyl (C=O) groups is 1. The third-order valence-electron chi connectivity index (χ3n) is 3.51. The monoisotopic (exact) mass is 286 g/mol. The van der Waals surface area contributed by atoms with Crippen LogP contribution in [0, 0.1) is 5.95 Å². The molecule has 1 aliphatic rings. The van der Waals surface area contributed by atoms with Gasteiger partial charge in [-0.2, -0.15) is 4.39 Å². The minimum atomic E-state index is -0.577. The fourth-order valence-electron chi connectivity index (χ4n) is 2.36. The summed E-state index contributed by atoms with van der Waals surface area (Å²) in [7, 11) is 0. The van der Waals surface area contributed by atoms with Gasteiger partial charge >= 0.3 is 0 Å². The van der Waals surface area contributed by atoms with Crippen LogP contribution in [0.4, 0.5) is 10.2 Å². The van der Waals surface area contributed by atoms with E-state index in [-0.39, 0.29) is 5.91 Å². The Morgan fingerprint density at radius 2 is 1.86 bits per heavy atom. The minimum Gasteiger partial charge on any atom is -0.353 e. The van der Waals surface area contributed by atoms with E-state index in [1.54, 1.807) is 11.1 Å². The van der Waals surface area contributed by atoms with Crippen molar-refractivity contribution in [2.45, 2.75) is 0 Å². The van der Waals surface area contributed by atoms with Crippen LogP contribution in [-0.2, 0) is 0 Å². The average molecular weight is 286 g/mol. The van der Waals surface area contributed by atoms with Crippen molar-refractivity contribution < 1.29 is 9.18 Å². The highest BCUT2D eigenvalue weighted by molar-refractivity contribution is 5.94. The number of aromatic nitrogens is 2. The molecule has 0 unspecified atom stereocenters. The largest absolute Gasteiger partial charge is 0.353 e. The SMILES string of the molecule is O=C(c1ccc(F)nc1)N1CCN(c2ccccn2)CC1. The van der Waals surface area contributed by atoms with Crippen LogP contribution < -0.4 is 4.90 Å². The highest BCUT2D eigenvalue weighted by atomic mass is 19.1. The lowest BCUT2D eigenvalue weighted by Crippen LogP contribution is -2.49. The zero-order valence-electron chi connectivity index (χ0n) is 11.4. The first kappa shape index (κ1) is 13.5. The van der Waals surface area contributed by atoms with Crippen LogP contribution in [0.15, 0.2) is 42.7 Å². The number of anilines is 1. The highest BCUT2D eigenvalue weighted by Crippen LogP contribution is 2.14. The summed E-state index contributed by atoms with van der Waals surface area (Å²) in [5.41, 5.74) is 0.419. The van der Waals surface area contributed by atoms with Gasteiger partial charge in [0.1, 0.15) is 5.82 Å². The van der Waals surface area contributed by atoms with Gasteiger partial charge < -0.3 is 9.80 Å². The van der Waals surface area contributed by atoms with Crippen LogP contribution in [-0.4, -0.2) is 47.0 Å². The number of carbonyl (C=O) groups excluding carboxylic acids is 1. The number of nitrogens with zero attached hydrogens (tertiary/aromatic N) is 4. The normalized spacial score (nSPS) is 15.1. The molecular formula is C15H15FN4O. The zero-order chi connectivity index (χ0) is 14.7. The van der Waals surface area contributed by atoms with Crippen molar-refractivity contribution in [1.29, 1.82) is 0 Å². The van der Waals surface area contributed by atoms with Gasteiger partial charge in [0, 0.05) is 38.6 Å². The maximum absolute atomic E-state index is 12.8. The maximum Gasteiger partial charge on any atom is 0.255 e. The van der Waals surface area contributed by atoms with E-state index in [9.17, 15) is 9.18 Å². The third kappa shape index (κ3) is 2.99. The summed E-state index contributed by atoms with van der Waals surface area (Å²) in [6.07, 6.45) is 3.04. The number of hydrogen-bond acceptors (Lipinski definition) is 4. The van der Waals surface area contributed by atoms with Gasteiger partial charge in [-0.1, -0.05) is 6.07 Å². The van der Waals surface area contributed by atoms with Crippen molar-refractivity contribution >= 4 is 11.7 Å². The number of hydrogen-bond donors (Lipinski definition) is 0. The van der Waals surface area contributed by atoms with Gasteiger partial charge in [-0.3, -0.25) is 4.79 Å². The van der Waals surface area contributed by atoms with Gasteiger partial charge in [0.25, 0.3) is 5.91 Å². The Morgan fingerprint density at radius 3 is 2.48 bits per heavy atom. The lowest BCUT2D eigenvalue weighted by atomic mass is 10.2. The molecule has 5 nitrogen and oxygen atoms in total. The third-order valence-corrected chi connectivity index (χ3v) is 3.51. The van der Waals surface area contributed by atoms with Crippen molar-refractivity contribution in [3.8, 4) is 0 Å². The second-order valence-electron chi connectivity index (χ2n) is 4.84. The van der Waals surface area contributed by atoms with Crippen LogP contribution in [0.1, 0.15) is 10.4 Å². The smallest absolute Gasteiger partial charge is 0.255 e. The van der Waals surface area contributed by atoms with Crippen LogP contribution >= 0.6 is 0 Å². The summed E-state index contributed by atoms with van der Waals surface area (Å²) >= 11 is 0. The Kier molecular flexibility index (Phi) is 3.77. The molecule has 0 aromatic carbocycles. The van der Waals surface area contributed by atoms with Crippen LogP contribution in [0.25, 0.3) is 0 Å². The van der Waals surface area contributed by atoms with Crippen molar-refractivity contribution in [3.63, 3.8) is 0 Å². The molecule has 1 saturated heterocycles.